The molecule has 0 aliphatic heterocycles. The first-order valence-electron chi connectivity index (χ1n) is 17.8. The topological polar surface area (TPSA) is 64.7 Å². The summed E-state index contributed by atoms with van der Waals surface area (Å²) in [5.41, 5.74) is 2.80. The highest BCUT2D eigenvalue weighted by Crippen LogP contribution is 2.59. The smallest absolute Gasteiger partial charge is 0.310 e. The van der Waals surface area contributed by atoms with Gasteiger partial charge in [0.2, 0.25) is 0 Å². The standard InChI is InChI=1S/C20H30N2O.C16H24N2O/c1-12(2)18-11-22(20(23)21(18)10-13-3-4-13)19-16-6-14-5-15(8-16)9-17(19)7-14;1-9(2)14-8-18(16(19)17-14)15-12-4-10-3-11(6-12)7-13(15)5-10/h11-17,19H,3-10H2,1-2H3;8-13,15H,3-7H2,1-2H3,(H,17,19). The Hall–Kier alpha value is -1.98. The van der Waals surface area contributed by atoms with Crippen LogP contribution in [-0.2, 0) is 6.54 Å². The molecule has 0 atom stereocenters. The number of nitrogens with zero attached hydrogens (tertiary/aromatic N) is 3. The van der Waals surface area contributed by atoms with Crippen LogP contribution in [0.25, 0.3) is 0 Å². The van der Waals surface area contributed by atoms with E-state index < -0.39 is 0 Å². The van der Waals surface area contributed by atoms with Gasteiger partial charge in [0, 0.05) is 42.4 Å². The van der Waals surface area contributed by atoms with E-state index in [2.05, 4.69) is 58.8 Å². The Morgan fingerprint density at radius 2 is 1.14 bits per heavy atom. The maximum atomic E-state index is 13.2. The molecule has 8 bridgehead atoms. The summed E-state index contributed by atoms with van der Waals surface area (Å²) >= 11 is 0. The number of nitrogens with one attached hydrogen (secondary N) is 1. The van der Waals surface area contributed by atoms with Gasteiger partial charge in [-0.15, -0.1) is 0 Å². The zero-order valence-corrected chi connectivity index (χ0v) is 26.5. The first kappa shape index (κ1) is 27.6. The monoisotopic (exact) mass is 574 g/mol. The molecule has 0 unspecified atom stereocenters. The second kappa shape index (κ2) is 10.3. The third-order valence-corrected chi connectivity index (χ3v) is 13.1. The number of aromatic amines is 1. The third-order valence-electron chi connectivity index (χ3n) is 13.1. The summed E-state index contributed by atoms with van der Waals surface area (Å²) < 4.78 is 6.39. The van der Waals surface area contributed by atoms with E-state index in [0.29, 0.717) is 29.6 Å². The normalized spacial score (nSPS) is 39.4. The highest BCUT2D eigenvalue weighted by Gasteiger charge is 2.50. The van der Waals surface area contributed by atoms with Crippen molar-refractivity contribution in [3.05, 3.63) is 44.8 Å². The molecule has 0 saturated heterocycles. The highest BCUT2D eigenvalue weighted by molar-refractivity contribution is 5.11. The van der Waals surface area contributed by atoms with Gasteiger partial charge in [0.15, 0.2) is 0 Å². The fourth-order valence-corrected chi connectivity index (χ4v) is 11.6. The molecule has 0 radical (unpaired) electrons. The van der Waals surface area contributed by atoms with Crippen LogP contribution in [0.5, 0.6) is 0 Å². The molecule has 6 nitrogen and oxygen atoms in total. The first-order chi connectivity index (χ1) is 20.2. The summed E-state index contributed by atoms with van der Waals surface area (Å²) in [6, 6.07) is 0.998. The predicted octanol–water partition coefficient (Wildman–Crippen LogP) is 7.48. The molecule has 2 heterocycles. The number of H-pyrrole nitrogens is 1. The summed E-state index contributed by atoms with van der Waals surface area (Å²) in [5.74, 6) is 8.60. The first-order valence-corrected chi connectivity index (χ1v) is 17.8. The Balaban J connectivity index is 0.000000129. The van der Waals surface area contributed by atoms with Crippen LogP contribution in [0.3, 0.4) is 0 Å². The molecule has 9 fully saturated rings. The van der Waals surface area contributed by atoms with Crippen molar-refractivity contribution in [2.45, 2.75) is 135 Å². The second-order valence-corrected chi connectivity index (χ2v) is 16.9. The van der Waals surface area contributed by atoms with Gasteiger partial charge in [-0.05, 0) is 142 Å². The minimum atomic E-state index is 0.126. The Labute approximate surface area is 251 Å². The molecule has 0 aromatic carbocycles. The van der Waals surface area contributed by atoms with Gasteiger partial charge in [0.25, 0.3) is 0 Å². The number of hydrogen-bond donors (Lipinski definition) is 1. The van der Waals surface area contributed by atoms with Crippen molar-refractivity contribution >= 4 is 0 Å². The molecule has 1 N–H and O–H groups in total. The molecular formula is C36H54N4O2. The Bertz CT molecular complexity index is 1360. The van der Waals surface area contributed by atoms with E-state index in [0.717, 1.165) is 65.5 Å². The van der Waals surface area contributed by atoms with Crippen LogP contribution in [0, 0.1) is 53.3 Å². The average Bonchev–Trinajstić information content (AvgIpc) is 3.58. The van der Waals surface area contributed by atoms with E-state index in [1.165, 1.54) is 82.7 Å². The fourth-order valence-electron chi connectivity index (χ4n) is 11.6. The SMILES string of the molecule is CC(C)c1cn(C2C3CC4CC(C3)CC2C4)c(=O)[nH]1.CC(C)c1cn(C2C3CC4CC(C3)CC2C4)c(=O)n1CC1CC1. The van der Waals surface area contributed by atoms with E-state index in [9.17, 15) is 9.59 Å². The van der Waals surface area contributed by atoms with Crippen molar-refractivity contribution in [3.63, 3.8) is 0 Å². The number of imidazole rings is 2. The molecule has 0 spiro atoms. The molecule has 9 saturated carbocycles. The average molecular weight is 575 g/mol. The van der Waals surface area contributed by atoms with Crippen LogP contribution in [0.4, 0.5) is 0 Å². The summed E-state index contributed by atoms with van der Waals surface area (Å²) in [5, 5.41) is 0. The van der Waals surface area contributed by atoms with E-state index in [1.54, 1.807) is 0 Å². The van der Waals surface area contributed by atoms with Crippen LogP contribution in [-0.4, -0.2) is 18.7 Å². The maximum absolute atomic E-state index is 13.2. The maximum Gasteiger partial charge on any atom is 0.328 e. The number of hydrogen-bond acceptors (Lipinski definition) is 2. The molecular weight excluding hydrogens is 520 g/mol. The van der Waals surface area contributed by atoms with Gasteiger partial charge in [-0.25, -0.2) is 9.59 Å². The lowest BCUT2D eigenvalue weighted by atomic mass is 9.54. The van der Waals surface area contributed by atoms with Gasteiger partial charge < -0.3 is 4.98 Å². The van der Waals surface area contributed by atoms with Crippen molar-refractivity contribution < 1.29 is 0 Å². The highest BCUT2D eigenvalue weighted by atomic mass is 16.2. The molecule has 11 rings (SSSR count). The van der Waals surface area contributed by atoms with Crippen LogP contribution in [0.15, 0.2) is 22.0 Å². The van der Waals surface area contributed by atoms with Gasteiger partial charge in [-0.3, -0.25) is 13.7 Å². The summed E-state index contributed by atoms with van der Waals surface area (Å²) in [4.78, 5) is 28.5. The lowest BCUT2D eigenvalue weighted by molar-refractivity contribution is -0.0305. The lowest BCUT2D eigenvalue weighted by Gasteiger charge is -2.54. The molecule has 9 aliphatic carbocycles. The summed E-state index contributed by atoms with van der Waals surface area (Å²) in [6.07, 6.45) is 20.9. The molecule has 2 aromatic heterocycles. The Morgan fingerprint density at radius 1 is 0.667 bits per heavy atom. The molecule has 2 aromatic rings. The van der Waals surface area contributed by atoms with Crippen LogP contribution < -0.4 is 11.4 Å². The van der Waals surface area contributed by atoms with Crippen LogP contribution in [0.2, 0.25) is 0 Å². The molecule has 42 heavy (non-hydrogen) atoms. The van der Waals surface area contributed by atoms with Crippen molar-refractivity contribution in [1.82, 2.24) is 18.7 Å². The zero-order chi connectivity index (χ0) is 28.9. The van der Waals surface area contributed by atoms with Gasteiger partial charge in [-0.1, -0.05) is 27.7 Å². The van der Waals surface area contributed by atoms with Gasteiger partial charge >= 0.3 is 11.4 Å². The Morgan fingerprint density at radius 3 is 1.55 bits per heavy atom. The van der Waals surface area contributed by atoms with E-state index in [1.807, 2.05) is 0 Å². The van der Waals surface area contributed by atoms with Gasteiger partial charge in [0.05, 0.1) is 0 Å². The molecule has 6 heteroatoms. The summed E-state index contributed by atoms with van der Waals surface area (Å²) in [7, 11) is 0. The minimum absolute atomic E-state index is 0.126. The minimum Gasteiger partial charge on any atom is -0.310 e. The van der Waals surface area contributed by atoms with Crippen molar-refractivity contribution in [2.75, 3.05) is 0 Å². The van der Waals surface area contributed by atoms with E-state index in [-0.39, 0.29) is 5.69 Å². The second-order valence-electron chi connectivity index (χ2n) is 16.9. The van der Waals surface area contributed by atoms with E-state index in [4.69, 9.17) is 0 Å². The van der Waals surface area contributed by atoms with Crippen molar-refractivity contribution in [3.8, 4) is 0 Å². The number of rotatable bonds is 6. The summed E-state index contributed by atoms with van der Waals surface area (Å²) in [6.45, 7) is 9.73. The van der Waals surface area contributed by atoms with Crippen LogP contribution in [0.1, 0.15) is 140 Å². The van der Waals surface area contributed by atoms with E-state index >= 15 is 0 Å². The predicted molar refractivity (Wildman–Crippen MR) is 167 cm³/mol. The lowest BCUT2D eigenvalue weighted by Crippen LogP contribution is -2.48. The van der Waals surface area contributed by atoms with Crippen LogP contribution >= 0.6 is 0 Å². The molecule has 9 aliphatic rings. The largest absolute Gasteiger partial charge is 0.328 e. The third kappa shape index (κ3) is 4.72. The van der Waals surface area contributed by atoms with Crippen molar-refractivity contribution in [1.29, 1.82) is 0 Å². The quantitative estimate of drug-likeness (QED) is 0.389. The number of aromatic nitrogens is 4. The fraction of sp³-hybridized carbons (Fsp3) is 0.833. The Kier molecular flexibility index (Phi) is 6.76. The zero-order valence-electron chi connectivity index (χ0n) is 26.5. The van der Waals surface area contributed by atoms with Gasteiger partial charge in [-0.2, -0.15) is 0 Å². The molecule has 0 amide bonds. The van der Waals surface area contributed by atoms with Crippen molar-refractivity contribution in [2.24, 2.45) is 53.3 Å². The molecule has 230 valence electrons. The van der Waals surface area contributed by atoms with Gasteiger partial charge in [0.1, 0.15) is 0 Å².